The van der Waals surface area contributed by atoms with E-state index < -0.39 is 8.80 Å². The van der Waals surface area contributed by atoms with Gasteiger partial charge in [-0.15, -0.1) is 0 Å². The molecule has 0 N–H and O–H groups in total. The number of benzene rings is 3. The van der Waals surface area contributed by atoms with Gasteiger partial charge in [0.05, 0.1) is 5.52 Å². The second-order valence-electron chi connectivity index (χ2n) is 7.86. The number of para-hydroxylation sites is 1. The predicted octanol–water partition coefficient (Wildman–Crippen LogP) is 4.73. The molecule has 0 fully saturated rings. The molecular formula is C25H22NSi. The van der Waals surface area contributed by atoms with Gasteiger partial charge in [-0.2, -0.15) is 0 Å². The van der Waals surface area contributed by atoms with Gasteiger partial charge in [0.15, 0.2) is 0 Å². The Morgan fingerprint density at radius 3 is 2.44 bits per heavy atom. The molecule has 1 aliphatic carbocycles. The summed E-state index contributed by atoms with van der Waals surface area (Å²) < 4.78 is 2.60. The minimum absolute atomic E-state index is 0.673. The Kier molecular flexibility index (Phi) is 3.27. The lowest BCUT2D eigenvalue weighted by Gasteiger charge is -2.16. The number of hydrogen-bond donors (Lipinski definition) is 0. The van der Waals surface area contributed by atoms with Crippen LogP contribution in [0.3, 0.4) is 0 Å². The van der Waals surface area contributed by atoms with Crippen molar-refractivity contribution in [2.75, 3.05) is 0 Å². The minimum Gasteiger partial charge on any atom is -0.313 e. The van der Waals surface area contributed by atoms with E-state index in [1.54, 1.807) is 21.6 Å². The number of hydrogen-bond acceptors (Lipinski definition) is 0. The molecule has 0 saturated carbocycles. The number of aryl methyl sites for hydroxylation is 1. The van der Waals surface area contributed by atoms with Crippen molar-refractivity contribution >= 4 is 30.1 Å². The fourth-order valence-corrected chi connectivity index (χ4v) is 7.46. The molecule has 0 unspecified atom stereocenters. The molecule has 0 bridgehead atoms. The van der Waals surface area contributed by atoms with E-state index >= 15 is 0 Å². The summed E-state index contributed by atoms with van der Waals surface area (Å²) in [4.78, 5) is 0. The van der Waals surface area contributed by atoms with Gasteiger partial charge in [-0.05, 0) is 59.3 Å². The molecule has 2 heteroatoms. The highest BCUT2D eigenvalue weighted by Gasteiger charge is 2.32. The van der Waals surface area contributed by atoms with E-state index in [1.165, 1.54) is 53.4 Å². The monoisotopic (exact) mass is 364 g/mol. The van der Waals surface area contributed by atoms with Crippen LogP contribution in [0.25, 0.3) is 27.7 Å². The molecule has 131 valence electrons. The zero-order chi connectivity index (χ0) is 18.0. The smallest absolute Gasteiger partial charge is 0.120 e. The van der Waals surface area contributed by atoms with Crippen LogP contribution >= 0.6 is 0 Å². The average Bonchev–Trinajstić information content (AvgIpc) is 3.22. The van der Waals surface area contributed by atoms with Crippen LogP contribution in [0.5, 0.6) is 0 Å². The van der Waals surface area contributed by atoms with Crippen molar-refractivity contribution in [3.63, 3.8) is 0 Å². The fourth-order valence-electron chi connectivity index (χ4n) is 5.25. The van der Waals surface area contributed by atoms with Gasteiger partial charge in [0.1, 0.15) is 8.80 Å². The average molecular weight is 365 g/mol. The van der Waals surface area contributed by atoms with Gasteiger partial charge in [-0.1, -0.05) is 61.1 Å². The molecule has 27 heavy (non-hydrogen) atoms. The molecule has 1 aromatic heterocycles. The third-order valence-electron chi connectivity index (χ3n) is 6.45. The van der Waals surface area contributed by atoms with Gasteiger partial charge in [0, 0.05) is 22.3 Å². The Balaban J connectivity index is 1.80. The molecular weight excluding hydrogens is 342 g/mol. The zero-order valence-electron chi connectivity index (χ0n) is 15.6. The van der Waals surface area contributed by atoms with E-state index in [4.69, 9.17) is 0 Å². The first-order valence-electron chi connectivity index (χ1n) is 10.0. The lowest BCUT2D eigenvalue weighted by atomic mass is 9.94. The fraction of sp³-hybridized carbons (Fsp3) is 0.200. The maximum absolute atomic E-state index is 2.60. The van der Waals surface area contributed by atoms with Crippen molar-refractivity contribution in [3.8, 4) is 16.8 Å². The van der Waals surface area contributed by atoms with E-state index in [0.717, 1.165) is 0 Å². The van der Waals surface area contributed by atoms with Gasteiger partial charge in [-0.25, -0.2) is 0 Å². The van der Waals surface area contributed by atoms with Crippen LogP contribution in [0.15, 0.2) is 66.7 Å². The van der Waals surface area contributed by atoms with E-state index in [-0.39, 0.29) is 0 Å². The van der Waals surface area contributed by atoms with Crippen LogP contribution in [0, 0.1) is 0 Å². The second kappa shape index (κ2) is 5.70. The topological polar surface area (TPSA) is 4.93 Å². The van der Waals surface area contributed by atoms with Crippen LogP contribution in [-0.4, -0.2) is 13.4 Å². The largest absolute Gasteiger partial charge is 0.313 e. The molecule has 2 aliphatic rings. The first-order chi connectivity index (χ1) is 13.3. The third-order valence-corrected chi connectivity index (χ3v) is 8.92. The normalized spacial score (nSPS) is 15.6. The van der Waals surface area contributed by atoms with Crippen LogP contribution in [0.1, 0.15) is 24.1 Å². The second-order valence-corrected chi connectivity index (χ2v) is 10.2. The highest BCUT2D eigenvalue weighted by atomic mass is 28.3. The Labute approximate surface area is 161 Å². The van der Waals surface area contributed by atoms with Crippen molar-refractivity contribution in [1.29, 1.82) is 0 Å². The molecule has 0 saturated heterocycles. The first-order valence-corrected chi connectivity index (χ1v) is 12.0. The molecule has 0 amide bonds. The van der Waals surface area contributed by atoms with Crippen LogP contribution in [0.4, 0.5) is 0 Å². The summed E-state index contributed by atoms with van der Waals surface area (Å²) in [5.74, 6) is 0. The van der Waals surface area contributed by atoms with Crippen molar-refractivity contribution in [3.05, 3.63) is 78.0 Å². The Morgan fingerprint density at radius 1 is 0.778 bits per heavy atom. The van der Waals surface area contributed by atoms with Gasteiger partial charge in [-0.3, -0.25) is 0 Å². The van der Waals surface area contributed by atoms with E-state index in [1.807, 2.05) is 0 Å². The third kappa shape index (κ3) is 2.05. The van der Waals surface area contributed by atoms with Crippen molar-refractivity contribution < 1.29 is 0 Å². The predicted molar refractivity (Wildman–Crippen MR) is 116 cm³/mol. The number of nitrogens with zero attached hydrogens (tertiary/aromatic N) is 1. The first kappa shape index (κ1) is 15.5. The highest BCUT2D eigenvalue weighted by Crippen LogP contribution is 2.40. The summed E-state index contributed by atoms with van der Waals surface area (Å²) in [5.41, 5.74) is 8.90. The molecule has 0 spiro atoms. The number of aromatic nitrogens is 1. The molecule has 1 radical (unpaired) electrons. The lowest BCUT2D eigenvalue weighted by molar-refractivity contribution is 0.667. The number of rotatable bonds is 1. The Hall–Kier alpha value is -2.58. The Morgan fingerprint density at radius 2 is 1.56 bits per heavy atom. The standard InChI is InChI=1S/C25H22NSi/c1-27-22-14-8-6-12-20(22)24-23(27)16-15-19-18-11-5-7-13-21(18)26(25(19)24)17-9-3-2-4-10-17/h2-4,6,8-10,12,14-16H,5,7,11,13H2,1H3. The van der Waals surface area contributed by atoms with Crippen LogP contribution < -0.4 is 10.4 Å². The molecule has 1 aliphatic heterocycles. The minimum atomic E-state index is -0.673. The zero-order valence-corrected chi connectivity index (χ0v) is 16.6. The van der Waals surface area contributed by atoms with Gasteiger partial charge in [0.25, 0.3) is 0 Å². The molecule has 6 rings (SSSR count). The summed E-state index contributed by atoms with van der Waals surface area (Å²) >= 11 is 0. The quantitative estimate of drug-likeness (QED) is 0.430. The summed E-state index contributed by atoms with van der Waals surface area (Å²) in [7, 11) is -0.673. The molecule has 3 aromatic carbocycles. The summed E-state index contributed by atoms with van der Waals surface area (Å²) in [5, 5.41) is 4.64. The maximum atomic E-state index is 2.60. The maximum Gasteiger partial charge on any atom is 0.120 e. The number of fused-ring (bicyclic) bond motifs is 7. The van der Waals surface area contributed by atoms with E-state index in [2.05, 4.69) is 77.8 Å². The molecule has 1 nitrogen and oxygen atoms in total. The molecule has 2 heterocycles. The van der Waals surface area contributed by atoms with Gasteiger partial charge in [0.2, 0.25) is 0 Å². The summed E-state index contributed by atoms with van der Waals surface area (Å²) in [6.07, 6.45) is 5.03. The summed E-state index contributed by atoms with van der Waals surface area (Å²) in [6.45, 7) is 2.46. The van der Waals surface area contributed by atoms with Crippen molar-refractivity contribution in [2.45, 2.75) is 32.2 Å². The lowest BCUT2D eigenvalue weighted by Crippen LogP contribution is -2.34. The van der Waals surface area contributed by atoms with E-state index in [9.17, 15) is 0 Å². The van der Waals surface area contributed by atoms with Gasteiger partial charge < -0.3 is 4.57 Å². The SMILES string of the molecule is C[Si]1c2ccccc2-c2c1ccc1c3c(n(-c4ccccc4)c21)CCCC3. The van der Waals surface area contributed by atoms with Gasteiger partial charge >= 0.3 is 0 Å². The molecule has 0 atom stereocenters. The van der Waals surface area contributed by atoms with E-state index in [0.29, 0.717) is 0 Å². The molecule has 4 aromatic rings. The Bertz CT molecular complexity index is 1190. The van der Waals surface area contributed by atoms with Crippen molar-refractivity contribution in [1.82, 2.24) is 4.57 Å². The van der Waals surface area contributed by atoms with Crippen LogP contribution in [-0.2, 0) is 12.8 Å². The summed E-state index contributed by atoms with van der Waals surface area (Å²) in [6, 6.07) is 25.0. The van der Waals surface area contributed by atoms with Crippen molar-refractivity contribution in [2.24, 2.45) is 0 Å². The highest BCUT2D eigenvalue weighted by molar-refractivity contribution is 6.89. The van der Waals surface area contributed by atoms with Crippen LogP contribution in [0.2, 0.25) is 6.55 Å².